The lowest BCUT2D eigenvalue weighted by Gasteiger charge is -2.15. The summed E-state index contributed by atoms with van der Waals surface area (Å²) in [4.78, 5) is 26.9. The minimum absolute atomic E-state index is 0.0378. The summed E-state index contributed by atoms with van der Waals surface area (Å²) in [5.74, 6) is -0.350. The Kier molecular flexibility index (Phi) is 5.97. The van der Waals surface area contributed by atoms with Crippen molar-refractivity contribution in [2.75, 3.05) is 31.6 Å². The molecule has 0 saturated carbocycles. The summed E-state index contributed by atoms with van der Waals surface area (Å²) in [5, 5.41) is 3.60. The van der Waals surface area contributed by atoms with Crippen molar-refractivity contribution in [1.82, 2.24) is 0 Å². The third-order valence-electron chi connectivity index (χ3n) is 4.06. The van der Waals surface area contributed by atoms with Crippen molar-refractivity contribution in [2.45, 2.75) is 40.0 Å². The van der Waals surface area contributed by atoms with E-state index < -0.39 is 0 Å². The van der Waals surface area contributed by atoms with Gasteiger partial charge in [-0.2, -0.15) is 0 Å². The molecule has 0 atom stereocenters. The molecule has 0 aromatic carbocycles. The van der Waals surface area contributed by atoms with Gasteiger partial charge in [0.2, 0.25) is 0 Å². The Hall–Kier alpha value is -1.40. The van der Waals surface area contributed by atoms with Crippen molar-refractivity contribution >= 4 is 28.2 Å². The fraction of sp³-hybridized carbons (Fsp3) is 0.625. The third kappa shape index (κ3) is 3.67. The highest BCUT2D eigenvalue weighted by molar-refractivity contribution is 7.17. The smallest absolute Gasteiger partial charge is 0.341 e. The number of nitrogens with one attached hydrogen (secondary N) is 2. The molecule has 1 aromatic heterocycles. The van der Waals surface area contributed by atoms with E-state index in [9.17, 15) is 9.59 Å². The van der Waals surface area contributed by atoms with Crippen LogP contribution in [0.1, 0.15) is 48.0 Å². The molecule has 0 fully saturated rings. The van der Waals surface area contributed by atoms with Gasteiger partial charge >= 0.3 is 5.97 Å². The standard InChI is InChI=1S/C16H24N2O3S/c1-4-18(5-2)10-13(19)17-15-14(16(20)21-6-3)11-8-7-9-12(11)22-15/h4-10H2,1-3H3,(H,17,19)/p+1. The van der Waals surface area contributed by atoms with Crippen LogP contribution in [0.25, 0.3) is 0 Å². The van der Waals surface area contributed by atoms with Gasteiger partial charge in [0.05, 0.1) is 25.3 Å². The minimum Gasteiger partial charge on any atom is -0.462 e. The second-order valence-corrected chi connectivity index (χ2v) is 6.57. The lowest BCUT2D eigenvalue weighted by molar-refractivity contribution is -0.888. The van der Waals surface area contributed by atoms with E-state index in [1.165, 1.54) is 21.1 Å². The molecule has 1 aliphatic rings. The van der Waals surface area contributed by atoms with Crippen LogP contribution < -0.4 is 10.2 Å². The number of hydrogen-bond donors (Lipinski definition) is 2. The highest BCUT2D eigenvalue weighted by Gasteiger charge is 2.28. The SMILES string of the molecule is CCOC(=O)c1c(NC(=O)C[NH+](CC)CC)sc2c1CCC2. The number of aryl methyl sites for hydroxylation is 1. The van der Waals surface area contributed by atoms with Gasteiger partial charge in [0.1, 0.15) is 5.00 Å². The van der Waals surface area contributed by atoms with Gasteiger partial charge in [0.15, 0.2) is 6.54 Å². The van der Waals surface area contributed by atoms with Crippen LogP contribution in [0.5, 0.6) is 0 Å². The number of ether oxygens (including phenoxy) is 1. The number of amides is 1. The molecule has 122 valence electrons. The average Bonchev–Trinajstić information content (AvgIpc) is 3.05. The molecule has 1 aromatic rings. The summed E-state index contributed by atoms with van der Waals surface area (Å²) in [6.45, 7) is 8.53. The molecule has 0 radical (unpaired) electrons. The quantitative estimate of drug-likeness (QED) is 0.743. The largest absolute Gasteiger partial charge is 0.462 e. The third-order valence-corrected chi connectivity index (χ3v) is 5.27. The van der Waals surface area contributed by atoms with Crippen LogP contribution in [0.4, 0.5) is 5.00 Å². The first-order chi connectivity index (χ1) is 10.6. The second kappa shape index (κ2) is 7.74. The average molecular weight is 325 g/mol. The number of fused-ring (bicyclic) bond motifs is 1. The molecule has 1 amide bonds. The van der Waals surface area contributed by atoms with Gasteiger partial charge in [-0.25, -0.2) is 4.79 Å². The molecule has 5 nitrogen and oxygen atoms in total. The van der Waals surface area contributed by atoms with Gasteiger partial charge < -0.3 is 15.0 Å². The summed E-state index contributed by atoms with van der Waals surface area (Å²) < 4.78 is 5.17. The molecule has 0 aliphatic heterocycles. The zero-order chi connectivity index (χ0) is 16.1. The Morgan fingerprint density at radius 3 is 2.59 bits per heavy atom. The van der Waals surface area contributed by atoms with Crippen molar-refractivity contribution in [3.05, 3.63) is 16.0 Å². The lowest BCUT2D eigenvalue weighted by atomic mass is 10.1. The van der Waals surface area contributed by atoms with Crippen LogP contribution in [0.2, 0.25) is 0 Å². The van der Waals surface area contributed by atoms with Crippen LogP contribution >= 0.6 is 11.3 Å². The normalized spacial score (nSPS) is 13.3. The number of carbonyl (C=O) groups is 2. The number of anilines is 1. The monoisotopic (exact) mass is 325 g/mol. The summed E-state index contributed by atoms with van der Waals surface area (Å²) in [5.41, 5.74) is 1.66. The second-order valence-electron chi connectivity index (χ2n) is 5.46. The van der Waals surface area contributed by atoms with Crippen molar-refractivity contribution in [1.29, 1.82) is 0 Å². The lowest BCUT2D eigenvalue weighted by Crippen LogP contribution is -3.12. The number of hydrogen-bond acceptors (Lipinski definition) is 4. The Morgan fingerprint density at radius 2 is 1.95 bits per heavy atom. The zero-order valence-corrected chi connectivity index (χ0v) is 14.4. The number of rotatable bonds is 7. The molecule has 2 rings (SSSR count). The van der Waals surface area contributed by atoms with Crippen molar-refractivity contribution in [3.63, 3.8) is 0 Å². The maximum Gasteiger partial charge on any atom is 0.341 e. The van der Waals surface area contributed by atoms with Gasteiger partial charge in [0, 0.05) is 4.88 Å². The molecular weight excluding hydrogens is 300 g/mol. The van der Waals surface area contributed by atoms with E-state index >= 15 is 0 Å². The Balaban J connectivity index is 2.17. The number of quaternary nitrogens is 1. The van der Waals surface area contributed by atoms with Crippen molar-refractivity contribution in [3.8, 4) is 0 Å². The van der Waals surface area contributed by atoms with Gasteiger partial charge in [-0.3, -0.25) is 4.79 Å². The van der Waals surface area contributed by atoms with E-state index in [4.69, 9.17) is 4.74 Å². The molecule has 6 heteroatoms. The topological polar surface area (TPSA) is 59.8 Å². The molecule has 0 spiro atoms. The summed E-state index contributed by atoms with van der Waals surface area (Å²) in [6.07, 6.45) is 2.96. The Labute approximate surface area is 135 Å². The minimum atomic E-state index is -0.313. The maximum absolute atomic E-state index is 12.2. The fourth-order valence-electron chi connectivity index (χ4n) is 2.81. The summed E-state index contributed by atoms with van der Waals surface area (Å²) in [7, 11) is 0. The molecule has 0 unspecified atom stereocenters. The number of carbonyl (C=O) groups excluding carboxylic acids is 2. The molecule has 2 N–H and O–H groups in total. The predicted molar refractivity (Wildman–Crippen MR) is 87.8 cm³/mol. The van der Waals surface area contributed by atoms with E-state index in [1.54, 1.807) is 6.92 Å². The molecule has 0 bridgehead atoms. The predicted octanol–water partition coefficient (Wildman–Crippen LogP) is 1.28. The molecule has 1 heterocycles. The van der Waals surface area contributed by atoms with Crippen LogP contribution in [0.15, 0.2) is 0 Å². The Bertz CT molecular complexity index is 550. The van der Waals surface area contributed by atoms with Crippen LogP contribution in [0.3, 0.4) is 0 Å². The van der Waals surface area contributed by atoms with E-state index in [2.05, 4.69) is 19.2 Å². The highest BCUT2D eigenvalue weighted by Crippen LogP contribution is 2.39. The van der Waals surface area contributed by atoms with Crippen LogP contribution in [-0.4, -0.2) is 38.1 Å². The van der Waals surface area contributed by atoms with Gasteiger partial charge in [-0.1, -0.05) is 0 Å². The Morgan fingerprint density at radius 1 is 1.23 bits per heavy atom. The summed E-state index contributed by atoms with van der Waals surface area (Å²) >= 11 is 1.53. The van der Waals surface area contributed by atoms with Crippen molar-refractivity contribution < 1.29 is 19.2 Å². The van der Waals surface area contributed by atoms with Gasteiger partial charge in [-0.15, -0.1) is 11.3 Å². The summed E-state index contributed by atoms with van der Waals surface area (Å²) in [6, 6.07) is 0. The molecule has 0 saturated heterocycles. The number of likely N-dealkylation sites (N-methyl/N-ethyl adjacent to an activating group) is 1. The van der Waals surface area contributed by atoms with E-state index in [0.717, 1.165) is 37.9 Å². The van der Waals surface area contributed by atoms with Gasteiger partial charge in [0.25, 0.3) is 5.91 Å². The fourth-order valence-corrected chi connectivity index (χ4v) is 4.10. The molecule has 22 heavy (non-hydrogen) atoms. The number of esters is 1. The molecule has 1 aliphatic carbocycles. The van der Waals surface area contributed by atoms with Crippen LogP contribution in [0, 0.1) is 0 Å². The van der Waals surface area contributed by atoms with E-state index in [0.29, 0.717) is 23.7 Å². The maximum atomic E-state index is 12.2. The van der Waals surface area contributed by atoms with Crippen LogP contribution in [-0.2, 0) is 22.4 Å². The van der Waals surface area contributed by atoms with Gasteiger partial charge in [-0.05, 0) is 45.6 Å². The number of thiophene rings is 1. The first-order valence-corrected chi connectivity index (χ1v) is 8.87. The van der Waals surface area contributed by atoms with Crippen molar-refractivity contribution in [2.24, 2.45) is 0 Å². The highest BCUT2D eigenvalue weighted by atomic mass is 32.1. The van der Waals surface area contributed by atoms with E-state index in [1.807, 2.05) is 0 Å². The zero-order valence-electron chi connectivity index (χ0n) is 13.6. The first kappa shape index (κ1) is 17.0. The first-order valence-electron chi connectivity index (χ1n) is 8.05. The van der Waals surface area contributed by atoms with E-state index in [-0.39, 0.29) is 11.9 Å². The molecular formula is C16H25N2O3S+.